The minimum atomic E-state index is -1.02. The fraction of sp³-hybridized carbons (Fsp3) is 0.217. The molecule has 3 aromatic carbocycles. The summed E-state index contributed by atoms with van der Waals surface area (Å²) < 4.78 is 0. The molecule has 1 aliphatic carbocycles. The summed E-state index contributed by atoms with van der Waals surface area (Å²) in [7, 11) is 0. The molecule has 2 heteroatoms. The number of hydrogen-bond donors (Lipinski definition) is 0. The lowest BCUT2D eigenvalue weighted by Gasteiger charge is -2.20. The summed E-state index contributed by atoms with van der Waals surface area (Å²) in [5.74, 6) is -0.0849. The van der Waals surface area contributed by atoms with E-state index in [2.05, 4.69) is 0 Å². The van der Waals surface area contributed by atoms with Gasteiger partial charge in [-0.15, -0.1) is 0 Å². The molecular weight excluding hydrogens is 308 g/mol. The van der Waals surface area contributed by atoms with E-state index >= 15 is 0 Å². The van der Waals surface area contributed by atoms with Crippen LogP contribution in [0.1, 0.15) is 44.3 Å². The fourth-order valence-electron chi connectivity index (χ4n) is 4.08. The highest BCUT2D eigenvalue weighted by atomic mass is 16.2. The lowest BCUT2D eigenvalue weighted by atomic mass is 9.79. The Morgan fingerprint density at radius 1 is 0.720 bits per heavy atom. The molecule has 4 rings (SSSR count). The first-order chi connectivity index (χ1) is 11.9. The number of fused-ring (bicyclic) bond motifs is 3. The van der Waals surface area contributed by atoms with Crippen molar-refractivity contribution in [2.24, 2.45) is 5.41 Å². The highest BCUT2D eigenvalue weighted by molar-refractivity contribution is 6.34. The molecule has 0 bridgehead atoms. The van der Waals surface area contributed by atoms with Gasteiger partial charge in [0.25, 0.3) is 0 Å². The Hall–Kier alpha value is -2.74. The molecule has 0 aliphatic heterocycles. The van der Waals surface area contributed by atoms with E-state index in [1.54, 1.807) is 6.92 Å². The number of Topliss-reactive ketones (excluding diaryl/α,β-unsaturated/α-hetero) is 2. The van der Waals surface area contributed by atoms with E-state index < -0.39 is 5.41 Å². The smallest absolute Gasteiger partial charge is 0.178 e. The summed E-state index contributed by atoms with van der Waals surface area (Å²) in [4.78, 5) is 26.7. The van der Waals surface area contributed by atoms with Crippen LogP contribution >= 0.6 is 0 Å². The van der Waals surface area contributed by atoms with Crippen LogP contribution in [0.4, 0.5) is 0 Å². The molecule has 2 nitrogen and oxygen atoms in total. The second kappa shape index (κ2) is 5.38. The van der Waals surface area contributed by atoms with Crippen molar-refractivity contribution < 1.29 is 9.59 Å². The van der Waals surface area contributed by atoms with Crippen molar-refractivity contribution >= 4 is 22.3 Å². The quantitative estimate of drug-likeness (QED) is 0.614. The Kier molecular flexibility index (Phi) is 3.40. The van der Waals surface area contributed by atoms with Gasteiger partial charge in [0.2, 0.25) is 0 Å². The Morgan fingerprint density at radius 3 is 1.96 bits per heavy atom. The predicted molar refractivity (Wildman–Crippen MR) is 100 cm³/mol. The standard InChI is InChI=1S/C23H20O2/c1-14-15(2)19-20(18-12-8-7-11-17(14)18)22(25)23(3,21(19)24)13-16-9-5-4-6-10-16/h4-12H,13H2,1-3H3/t23-/m1/s1. The van der Waals surface area contributed by atoms with Crippen LogP contribution in [0, 0.1) is 19.3 Å². The number of rotatable bonds is 2. The van der Waals surface area contributed by atoms with Crippen LogP contribution in [0.25, 0.3) is 10.8 Å². The van der Waals surface area contributed by atoms with Crippen molar-refractivity contribution in [1.29, 1.82) is 0 Å². The van der Waals surface area contributed by atoms with E-state index in [0.29, 0.717) is 17.5 Å². The predicted octanol–water partition coefficient (Wildman–Crippen LogP) is 5.08. The first kappa shape index (κ1) is 15.8. The molecule has 0 spiro atoms. The summed E-state index contributed by atoms with van der Waals surface area (Å²) in [6, 6.07) is 17.7. The average molecular weight is 328 g/mol. The molecule has 0 aromatic heterocycles. The van der Waals surface area contributed by atoms with Crippen LogP contribution < -0.4 is 0 Å². The molecule has 0 fully saturated rings. The first-order valence-electron chi connectivity index (χ1n) is 8.60. The SMILES string of the molecule is Cc1c2c(c3ccccc3c1C)C(=O)[C@](C)(Cc1ccccc1)C2=O. The molecule has 124 valence electrons. The Morgan fingerprint density at radius 2 is 1.28 bits per heavy atom. The summed E-state index contributed by atoms with van der Waals surface area (Å²) in [5, 5.41) is 1.96. The number of hydrogen-bond acceptors (Lipinski definition) is 2. The zero-order valence-corrected chi connectivity index (χ0v) is 14.7. The molecule has 0 unspecified atom stereocenters. The number of aryl methyl sites for hydroxylation is 1. The summed E-state index contributed by atoms with van der Waals surface area (Å²) in [5.41, 5.74) is 3.24. The molecule has 25 heavy (non-hydrogen) atoms. The Balaban J connectivity index is 1.96. The van der Waals surface area contributed by atoms with Crippen LogP contribution in [0.5, 0.6) is 0 Å². The fourth-order valence-corrected chi connectivity index (χ4v) is 4.08. The van der Waals surface area contributed by atoms with Crippen molar-refractivity contribution in [3.8, 4) is 0 Å². The van der Waals surface area contributed by atoms with Gasteiger partial charge in [-0.25, -0.2) is 0 Å². The second-order valence-corrected chi connectivity index (χ2v) is 7.20. The van der Waals surface area contributed by atoms with E-state index in [4.69, 9.17) is 0 Å². The van der Waals surface area contributed by atoms with Crippen molar-refractivity contribution in [3.05, 3.63) is 82.4 Å². The van der Waals surface area contributed by atoms with Crippen LogP contribution in [0.2, 0.25) is 0 Å². The molecule has 1 aliphatic rings. The average Bonchev–Trinajstić information content (AvgIpc) is 2.82. The number of benzene rings is 3. The van der Waals surface area contributed by atoms with Crippen molar-refractivity contribution in [2.75, 3.05) is 0 Å². The van der Waals surface area contributed by atoms with Crippen molar-refractivity contribution in [1.82, 2.24) is 0 Å². The lowest BCUT2D eigenvalue weighted by molar-refractivity contribution is 0.0722. The molecule has 0 radical (unpaired) electrons. The maximum Gasteiger partial charge on any atom is 0.178 e. The van der Waals surface area contributed by atoms with Gasteiger partial charge < -0.3 is 0 Å². The highest BCUT2D eigenvalue weighted by Gasteiger charge is 2.50. The van der Waals surface area contributed by atoms with Gasteiger partial charge in [-0.1, -0.05) is 54.6 Å². The second-order valence-electron chi connectivity index (χ2n) is 7.20. The van der Waals surface area contributed by atoms with E-state index in [9.17, 15) is 9.59 Å². The zero-order valence-electron chi connectivity index (χ0n) is 14.7. The Labute approximate surface area is 147 Å². The van der Waals surface area contributed by atoms with Gasteiger partial charge in [-0.2, -0.15) is 0 Å². The largest absolute Gasteiger partial charge is 0.293 e. The molecule has 0 saturated heterocycles. The summed E-state index contributed by atoms with van der Waals surface area (Å²) in [6.07, 6.45) is 0.438. The maximum atomic E-state index is 13.4. The van der Waals surface area contributed by atoms with E-state index in [-0.39, 0.29) is 11.6 Å². The van der Waals surface area contributed by atoms with Gasteiger partial charge in [0.1, 0.15) is 0 Å². The topological polar surface area (TPSA) is 34.1 Å². The highest BCUT2D eigenvalue weighted by Crippen LogP contribution is 2.44. The van der Waals surface area contributed by atoms with Gasteiger partial charge in [0.15, 0.2) is 11.6 Å². The van der Waals surface area contributed by atoms with Crippen LogP contribution in [0.3, 0.4) is 0 Å². The zero-order chi connectivity index (χ0) is 17.8. The molecule has 0 saturated carbocycles. The Bertz CT molecular complexity index is 1030. The van der Waals surface area contributed by atoms with Gasteiger partial charge in [0.05, 0.1) is 5.41 Å². The molecule has 0 N–H and O–H groups in total. The van der Waals surface area contributed by atoms with Crippen LogP contribution in [-0.2, 0) is 6.42 Å². The van der Waals surface area contributed by atoms with Gasteiger partial charge in [-0.3, -0.25) is 9.59 Å². The minimum Gasteiger partial charge on any atom is -0.293 e. The first-order valence-corrected chi connectivity index (χ1v) is 8.60. The lowest BCUT2D eigenvalue weighted by Crippen LogP contribution is -2.32. The number of carbonyl (C=O) groups is 2. The third-order valence-electron chi connectivity index (χ3n) is 5.64. The van der Waals surface area contributed by atoms with Crippen LogP contribution in [-0.4, -0.2) is 11.6 Å². The van der Waals surface area contributed by atoms with Crippen LogP contribution in [0.15, 0.2) is 54.6 Å². The van der Waals surface area contributed by atoms with E-state index in [0.717, 1.165) is 27.5 Å². The van der Waals surface area contributed by atoms with Gasteiger partial charge in [-0.05, 0) is 54.7 Å². The minimum absolute atomic E-state index is 0.0392. The third-order valence-corrected chi connectivity index (χ3v) is 5.64. The normalized spacial score (nSPS) is 19.5. The number of carbonyl (C=O) groups excluding carboxylic acids is 2. The van der Waals surface area contributed by atoms with Crippen molar-refractivity contribution in [2.45, 2.75) is 27.2 Å². The van der Waals surface area contributed by atoms with Gasteiger partial charge >= 0.3 is 0 Å². The summed E-state index contributed by atoms with van der Waals surface area (Å²) in [6.45, 7) is 5.79. The molecule has 0 heterocycles. The summed E-state index contributed by atoms with van der Waals surface area (Å²) >= 11 is 0. The van der Waals surface area contributed by atoms with Crippen molar-refractivity contribution in [3.63, 3.8) is 0 Å². The third kappa shape index (κ3) is 2.10. The molecule has 3 aromatic rings. The van der Waals surface area contributed by atoms with E-state index in [1.165, 1.54) is 0 Å². The monoisotopic (exact) mass is 328 g/mol. The maximum absolute atomic E-state index is 13.4. The van der Waals surface area contributed by atoms with Gasteiger partial charge in [0, 0.05) is 11.1 Å². The molecule has 0 amide bonds. The molecular formula is C23H20O2. The van der Waals surface area contributed by atoms with E-state index in [1.807, 2.05) is 68.4 Å². The molecule has 1 atom stereocenters. The number of ketones is 2.